The molecule has 174 valence electrons. The van der Waals surface area contributed by atoms with Crippen LogP contribution in [0.1, 0.15) is 48.0 Å². The van der Waals surface area contributed by atoms with E-state index in [1.54, 1.807) is 4.90 Å². The summed E-state index contributed by atoms with van der Waals surface area (Å²) in [6, 6.07) is 20.8. The van der Waals surface area contributed by atoms with E-state index in [9.17, 15) is 9.90 Å². The van der Waals surface area contributed by atoms with Crippen molar-refractivity contribution in [1.29, 1.82) is 0 Å². The second kappa shape index (κ2) is 9.38. The maximum atomic E-state index is 12.5. The molecular weight excluding hydrogens is 418 g/mol. The summed E-state index contributed by atoms with van der Waals surface area (Å²) < 4.78 is 12.6. The topological polar surface area (TPSA) is 59.0 Å². The standard InChI is InChI=1S/C26H37NO4Si/c1-25(2,3)30-24(29)27-18-17-23(22(28)19-27)31-32(26(4,5)6,20-13-9-7-10-14-20)21-15-11-8-12-16-21/h7-16,22-23,28H,17-19H2,1-6H3/t22-,23-/m1/s1. The molecule has 5 nitrogen and oxygen atoms in total. The third kappa shape index (κ3) is 5.25. The lowest BCUT2D eigenvalue weighted by molar-refractivity contribution is -0.0406. The van der Waals surface area contributed by atoms with Crippen LogP contribution in [0.5, 0.6) is 0 Å². The van der Waals surface area contributed by atoms with Gasteiger partial charge in [0.1, 0.15) is 5.60 Å². The number of carbonyl (C=O) groups is 1. The zero-order chi connectivity index (χ0) is 23.6. The summed E-state index contributed by atoms with van der Waals surface area (Å²) in [5.74, 6) is 0. The van der Waals surface area contributed by atoms with Crippen LogP contribution in [0, 0.1) is 0 Å². The predicted molar refractivity (Wildman–Crippen MR) is 131 cm³/mol. The molecule has 3 rings (SSSR count). The average molecular weight is 456 g/mol. The van der Waals surface area contributed by atoms with Gasteiger partial charge in [-0.2, -0.15) is 0 Å². The molecule has 1 aliphatic rings. The minimum atomic E-state index is -2.76. The average Bonchev–Trinajstić information content (AvgIpc) is 2.72. The second-order valence-electron chi connectivity index (χ2n) is 10.6. The van der Waals surface area contributed by atoms with Crippen molar-refractivity contribution in [1.82, 2.24) is 4.90 Å². The molecule has 0 aromatic heterocycles. The number of piperidine rings is 1. The molecule has 1 amide bonds. The lowest BCUT2D eigenvalue weighted by Gasteiger charge is -2.47. The third-order valence-electron chi connectivity index (χ3n) is 5.92. The van der Waals surface area contributed by atoms with Gasteiger partial charge in [0, 0.05) is 6.54 Å². The third-order valence-corrected chi connectivity index (χ3v) is 11.0. The highest BCUT2D eigenvalue weighted by Crippen LogP contribution is 2.38. The SMILES string of the molecule is CC(C)(C)OC(=O)N1CC[C@@H](O[Si](c2ccccc2)(c2ccccc2)C(C)(C)C)[C@H](O)C1. The molecule has 2 aromatic rings. The number of hydrogen-bond donors (Lipinski definition) is 1. The molecule has 1 fully saturated rings. The number of nitrogens with zero attached hydrogens (tertiary/aromatic N) is 1. The van der Waals surface area contributed by atoms with Crippen molar-refractivity contribution in [3.8, 4) is 0 Å². The van der Waals surface area contributed by atoms with Crippen molar-refractivity contribution < 1.29 is 19.1 Å². The molecule has 1 N–H and O–H groups in total. The first kappa shape index (κ1) is 24.5. The van der Waals surface area contributed by atoms with Gasteiger partial charge in [0.15, 0.2) is 0 Å². The van der Waals surface area contributed by atoms with Crippen molar-refractivity contribution in [3.05, 3.63) is 60.7 Å². The second-order valence-corrected chi connectivity index (χ2v) is 14.9. The van der Waals surface area contributed by atoms with Gasteiger partial charge in [0.25, 0.3) is 8.32 Å². The van der Waals surface area contributed by atoms with Gasteiger partial charge in [0.05, 0.1) is 18.8 Å². The summed E-state index contributed by atoms with van der Waals surface area (Å²) in [6.45, 7) is 12.9. The van der Waals surface area contributed by atoms with Gasteiger partial charge in [-0.05, 0) is 42.6 Å². The number of likely N-dealkylation sites (tertiary alicyclic amines) is 1. The van der Waals surface area contributed by atoms with E-state index in [1.165, 1.54) is 10.4 Å². The van der Waals surface area contributed by atoms with Crippen LogP contribution < -0.4 is 10.4 Å². The first-order valence-electron chi connectivity index (χ1n) is 11.4. The number of amides is 1. The van der Waals surface area contributed by atoms with Crippen molar-refractivity contribution in [2.24, 2.45) is 0 Å². The minimum Gasteiger partial charge on any atom is -0.444 e. The molecular formula is C26H37NO4Si. The monoisotopic (exact) mass is 455 g/mol. The summed E-state index contributed by atoms with van der Waals surface area (Å²) in [5.41, 5.74) is -0.565. The fraction of sp³-hybridized carbons (Fsp3) is 0.500. The fourth-order valence-electron chi connectivity index (χ4n) is 4.46. The first-order chi connectivity index (χ1) is 14.9. The molecule has 0 aliphatic carbocycles. The fourth-order valence-corrected chi connectivity index (χ4v) is 9.20. The Hall–Kier alpha value is -2.15. The maximum absolute atomic E-state index is 12.5. The number of hydrogen-bond acceptors (Lipinski definition) is 4. The van der Waals surface area contributed by atoms with Crippen LogP contribution in [0.25, 0.3) is 0 Å². The molecule has 1 saturated heterocycles. The number of aliphatic hydroxyl groups is 1. The van der Waals surface area contributed by atoms with Gasteiger partial charge in [0.2, 0.25) is 0 Å². The van der Waals surface area contributed by atoms with Crippen LogP contribution in [-0.2, 0) is 9.16 Å². The largest absolute Gasteiger partial charge is 0.444 e. The Bertz CT molecular complexity index is 850. The van der Waals surface area contributed by atoms with Crippen LogP contribution in [0.2, 0.25) is 5.04 Å². The molecule has 1 heterocycles. The lowest BCUT2D eigenvalue weighted by atomic mass is 10.1. The van der Waals surface area contributed by atoms with Gasteiger partial charge in [-0.3, -0.25) is 0 Å². The van der Waals surface area contributed by atoms with Gasteiger partial charge in [-0.25, -0.2) is 4.79 Å². The molecule has 1 aliphatic heterocycles. The van der Waals surface area contributed by atoms with Gasteiger partial charge >= 0.3 is 6.09 Å². The summed E-state index contributed by atoms with van der Waals surface area (Å²) in [6.07, 6.45) is -0.969. The number of ether oxygens (including phenoxy) is 1. The van der Waals surface area contributed by atoms with Crippen molar-refractivity contribution in [2.45, 2.75) is 70.8 Å². The highest BCUT2D eigenvalue weighted by molar-refractivity contribution is 6.99. The highest BCUT2D eigenvalue weighted by Gasteiger charge is 2.52. The number of rotatable bonds is 4. The number of aliphatic hydroxyl groups excluding tert-OH is 1. The van der Waals surface area contributed by atoms with E-state index in [2.05, 4.69) is 69.3 Å². The zero-order valence-electron chi connectivity index (χ0n) is 20.2. The van der Waals surface area contributed by atoms with Gasteiger partial charge in [-0.15, -0.1) is 0 Å². The molecule has 2 atom stereocenters. The normalized spacial score (nSPS) is 20.2. The summed E-state index contributed by atoms with van der Waals surface area (Å²) in [7, 11) is -2.76. The summed E-state index contributed by atoms with van der Waals surface area (Å²) in [4.78, 5) is 14.1. The Labute approximate surface area is 193 Å². The summed E-state index contributed by atoms with van der Waals surface area (Å²) >= 11 is 0. The smallest absolute Gasteiger partial charge is 0.410 e. The Kier molecular flexibility index (Phi) is 7.17. The summed E-state index contributed by atoms with van der Waals surface area (Å²) in [5, 5.41) is 13.3. The lowest BCUT2D eigenvalue weighted by Crippen LogP contribution is -2.69. The van der Waals surface area contributed by atoms with E-state index in [4.69, 9.17) is 9.16 Å². The van der Waals surface area contributed by atoms with Crippen LogP contribution >= 0.6 is 0 Å². The van der Waals surface area contributed by atoms with Gasteiger partial charge in [-0.1, -0.05) is 81.4 Å². The quantitative estimate of drug-likeness (QED) is 0.710. The number of carbonyl (C=O) groups excluding carboxylic acids is 1. The molecule has 0 spiro atoms. The Morgan fingerprint density at radius 3 is 1.84 bits per heavy atom. The molecule has 0 bridgehead atoms. The van der Waals surface area contributed by atoms with E-state index >= 15 is 0 Å². The van der Waals surface area contributed by atoms with E-state index in [1.807, 2.05) is 32.9 Å². The number of β-amino-alcohol motifs (C(OH)–C–C–N with tert-alkyl or cyclic N) is 1. The van der Waals surface area contributed by atoms with Crippen molar-refractivity contribution in [2.75, 3.05) is 13.1 Å². The molecule has 6 heteroatoms. The minimum absolute atomic E-state index is 0.169. The van der Waals surface area contributed by atoms with Gasteiger partial charge < -0.3 is 19.2 Å². The van der Waals surface area contributed by atoms with E-state index in [0.717, 1.165) is 0 Å². The Morgan fingerprint density at radius 2 is 1.44 bits per heavy atom. The molecule has 0 saturated carbocycles. The maximum Gasteiger partial charge on any atom is 0.410 e. The van der Waals surface area contributed by atoms with Crippen LogP contribution in [0.15, 0.2) is 60.7 Å². The molecule has 32 heavy (non-hydrogen) atoms. The van der Waals surface area contributed by atoms with E-state index in [0.29, 0.717) is 13.0 Å². The molecule has 0 unspecified atom stereocenters. The van der Waals surface area contributed by atoms with E-state index < -0.39 is 20.0 Å². The van der Waals surface area contributed by atoms with E-state index in [-0.39, 0.29) is 23.8 Å². The zero-order valence-corrected chi connectivity index (χ0v) is 21.2. The van der Waals surface area contributed by atoms with Crippen LogP contribution in [-0.4, -0.2) is 55.3 Å². The van der Waals surface area contributed by atoms with Crippen molar-refractivity contribution in [3.63, 3.8) is 0 Å². The van der Waals surface area contributed by atoms with Crippen molar-refractivity contribution >= 4 is 24.8 Å². The highest BCUT2D eigenvalue weighted by atomic mass is 28.4. The Balaban J connectivity index is 1.93. The predicted octanol–water partition coefficient (Wildman–Crippen LogP) is 3.93. The van der Waals surface area contributed by atoms with Crippen LogP contribution in [0.3, 0.4) is 0 Å². The Morgan fingerprint density at radius 1 is 0.938 bits per heavy atom. The molecule has 2 aromatic carbocycles. The van der Waals surface area contributed by atoms with Crippen LogP contribution in [0.4, 0.5) is 4.79 Å². The number of benzene rings is 2. The first-order valence-corrected chi connectivity index (χ1v) is 13.3. The molecule has 0 radical (unpaired) electrons.